The lowest BCUT2D eigenvalue weighted by Gasteiger charge is -2.29. The van der Waals surface area contributed by atoms with Gasteiger partial charge in [-0.1, -0.05) is 26.0 Å². The lowest BCUT2D eigenvalue weighted by atomic mass is 9.73. The maximum atomic E-state index is 12.2. The molecule has 20 heavy (non-hydrogen) atoms. The molecule has 1 aliphatic carbocycles. The molecule has 3 heteroatoms. The van der Waals surface area contributed by atoms with E-state index in [4.69, 9.17) is 0 Å². The number of anilines is 1. The number of carbonyl (C=O) groups excluding carboxylic acids is 2. The summed E-state index contributed by atoms with van der Waals surface area (Å²) in [6.45, 7) is 9.51. The SMILES string of the molecule is [CH2]c1ccc(NC(C)=C2C(=O)CC(C)(C)CC2=O)cc1. The minimum absolute atomic E-state index is 0.0648. The predicted octanol–water partition coefficient (Wildman–Crippen LogP) is 3.51. The van der Waals surface area contributed by atoms with E-state index in [0.717, 1.165) is 11.3 Å². The molecule has 2 rings (SSSR count). The number of ketones is 2. The summed E-state index contributed by atoms with van der Waals surface area (Å²) in [6, 6.07) is 7.53. The second kappa shape index (κ2) is 5.23. The molecular formula is C17H20NO2. The summed E-state index contributed by atoms with van der Waals surface area (Å²) in [5, 5.41) is 3.14. The van der Waals surface area contributed by atoms with Crippen molar-refractivity contribution >= 4 is 17.3 Å². The molecule has 1 saturated carbocycles. The molecule has 1 N–H and O–H groups in total. The van der Waals surface area contributed by atoms with E-state index in [-0.39, 0.29) is 17.0 Å². The molecule has 1 aromatic rings. The molecule has 0 atom stereocenters. The fraction of sp³-hybridized carbons (Fsp3) is 0.353. The van der Waals surface area contributed by atoms with Crippen molar-refractivity contribution < 1.29 is 9.59 Å². The lowest BCUT2D eigenvalue weighted by molar-refractivity contribution is -0.127. The number of rotatable bonds is 2. The van der Waals surface area contributed by atoms with Crippen molar-refractivity contribution in [1.29, 1.82) is 0 Å². The van der Waals surface area contributed by atoms with Gasteiger partial charge in [0.1, 0.15) is 0 Å². The second-order valence-corrected chi connectivity index (χ2v) is 6.19. The van der Waals surface area contributed by atoms with E-state index in [2.05, 4.69) is 12.2 Å². The fourth-order valence-electron chi connectivity index (χ4n) is 2.55. The van der Waals surface area contributed by atoms with E-state index >= 15 is 0 Å². The normalized spacial score (nSPS) is 18.1. The summed E-state index contributed by atoms with van der Waals surface area (Å²) in [5.74, 6) is -0.130. The molecule has 0 amide bonds. The fourth-order valence-corrected chi connectivity index (χ4v) is 2.55. The summed E-state index contributed by atoms with van der Waals surface area (Å²) in [5.41, 5.74) is 2.50. The van der Waals surface area contributed by atoms with Crippen molar-refractivity contribution in [3.8, 4) is 0 Å². The van der Waals surface area contributed by atoms with Crippen LogP contribution in [-0.4, -0.2) is 11.6 Å². The summed E-state index contributed by atoms with van der Waals surface area (Å²) >= 11 is 0. The Morgan fingerprint density at radius 3 is 2.10 bits per heavy atom. The van der Waals surface area contributed by atoms with Crippen LogP contribution in [0.1, 0.15) is 39.2 Å². The maximum Gasteiger partial charge on any atom is 0.168 e. The molecular weight excluding hydrogens is 250 g/mol. The quantitative estimate of drug-likeness (QED) is 0.660. The van der Waals surface area contributed by atoms with Crippen LogP contribution in [0.25, 0.3) is 0 Å². The first kappa shape index (κ1) is 14.5. The van der Waals surface area contributed by atoms with E-state index < -0.39 is 0 Å². The van der Waals surface area contributed by atoms with Crippen LogP contribution in [0, 0.1) is 12.3 Å². The Kier molecular flexibility index (Phi) is 3.80. The summed E-state index contributed by atoms with van der Waals surface area (Å²) in [7, 11) is 0. The Hall–Kier alpha value is -1.90. The second-order valence-electron chi connectivity index (χ2n) is 6.19. The van der Waals surface area contributed by atoms with Gasteiger partial charge in [-0.2, -0.15) is 0 Å². The van der Waals surface area contributed by atoms with Crippen LogP contribution in [-0.2, 0) is 9.59 Å². The van der Waals surface area contributed by atoms with Gasteiger partial charge in [0.15, 0.2) is 11.6 Å². The van der Waals surface area contributed by atoms with Gasteiger partial charge >= 0.3 is 0 Å². The van der Waals surface area contributed by atoms with Gasteiger partial charge in [0, 0.05) is 24.2 Å². The number of hydrogen-bond acceptors (Lipinski definition) is 3. The Morgan fingerprint density at radius 1 is 1.10 bits per heavy atom. The van der Waals surface area contributed by atoms with Crippen LogP contribution in [0.3, 0.4) is 0 Å². The highest BCUT2D eigenvalue weighted by Crippen LogP contribution is 2.34. The molecule has 0 bridgehead atoms. The molecule has 1 aromatic carbocycles. The van der Waals surface area contributed by atoms with Crippen molar-refractivity contribution in [2.45, 2.75) is 33.6 Å². The molecule has 0 spiro atoms. The smallest absolute Gasteiger partial charge is 0.168 e. The van der Waals surface area contributed by atoms with Crippen LogP contribution in [0.5, 0.6) is 0 Å². The van der Waals surface area contributed by atoms with Crippen molar-refractivity contribution in [2.24, 2.45) is 5.41 Å². The standard InChI is InChI=1S/C17H20NO2/c1-11-5-7-13(8-6-11)18-12(2)16-14(19)9-17(3,4)10-15(16)20/h5-8,18H,1,9-10H2,2-4H3. The number of allylic oxidation sites excluding steroid dienone is 2. The molecule has 0 unspecified atom stereocenters. The van der Waals surface area contributed by atoms with E-state index in [1.165, 1.54) is 0 Å². The molecule has 1 aliphatic rings. The third-order valence-electron chi connectivity index (χ3n) is 3.50. The summed E-state index contributed by atoms with van der Waals surface area (Å²) in [6.07, 6.45) is 0.843. The average Bonchev–Trinajstić information content (AvgIpc) is 2.29. The highest BCUT2D eigenvalue weighted by Gasteiger charge is 2.36. The first-order valence-corrected chi connectivity index (χ1v) is 6.75. The first-order chi connectivity index (χ1) is 9.28. The Labute approximate surface area is 120 Å². The number of hydrogen-bond donors (Lipinski definition) is 1. The van der Waals surface area contributed by atoms with E-state index in [1.807, 2.05) is 38.1 Å². The van der Waals surface area contributed by atoms with Gasteiger partial charge in [-0.3, -0.25) is 9.59 Å². The van der Waals surface area contributed by atoms with Gasteiger partial charge < -0.3 is 5.32 Å². The van der Waals surface area contributed by atoms with Crippen LogP contribution in [0.15, 0.2) is 35.5 Å². The number of nitrogens with one attached hydrogen (secondary N) is 1. The lowest BCUT2D eigenvalue weighted by Crippen LogP contribution is -2.32. The predicted molar refractivity (Wildman–Crippen MR) is 80.3 cm³/mol. The maximum absolute atomic E-state index is 12.2. The van der Waals surface area contributed by atoms with Crippen molar-refractivity contribution in [1.82, 2.24) is 0 Å². The zero-order valence-electron chi connectivity index (χ0n) is 12.2. The minimum Gasteiger partial charge on any atom is -0.358 e. The first-order valence-electron chi connectivity index (χ1n) is 6.75. The minimum atomic E-state index is -0.229. The highest BCUT2D eigenvalue weighted by atomic mass is 16.2. The van der Waals surface area contributed by atoms with Crippen molar-refractivity contribution in [2.75, 3.05) is 5.32 Å². The Bertz CT molecular complexity index is 558. The molecule has 0 aromatic heterocycles. The molecule has 105 valence electrons. The third-order valence-corrected chi connectivity index (χ3v) is 3.50. The van der Waals surface area contributed by atoms with Crippen LogP contribution >= 0.6 is 0 Å². The van der Waals surface area contributed by atoms with Crippen LogP contribution < -0.4 is 5.32 Å². The zero-order chi connectivity index (χ0) is 14.9. The highest BCUT2D eigenvalue weighted by molar-refractivity contribution is 6.23. The van der Waals surface area contributed by atoms with Crippen LogP contribution in [0.2, 0.25) is 0 Å². The summed E-state index contributed by atoms with van der Waals surface area (Å²) in [4.78, 5) is 24.4. The van der Waals surface area contributed by atoms with Gasteiger partial charge in [-0.05, 0) is 37.0 Å². The Morgan fingerprint density at radius 2 is 1.60 bits per heavy atom. The van der Waals surface area contributed by atoms with Gasteiger partial charge in [0.25, 0.3) is 0 Å². The Balaban J connectivity index is 2.25. The molecule has 0 aliphatic heterocycles. The molecule has 3 nitrogen and oxygen atoms in total. The molecule has 0 saturated heterocycles. The van der Waals surface area contributed by atoms with E-state index in [1.54, 1.807) is 6.92 Å². The molecule has 0 heterocycles. The van der Waals surface area contributed by atoms with E-state index in [0.29, 0.717) is 24.1 Å². The van der Waals surface area contributed by atoms with Gasteiger partial charge in [0.05, 0.1) is 5.57 Å². The number of Topliss-reactive ketones (excluding diaryl/α,β-unsaturated/α-hetero) is 2. The van der Waals surface area contributed by atoms with Crippen molar-refractivity contribution in [3.63, 3.8) is 0 Å². The van der Waals surface area contributed by atoms with E-state index in [9.17, 15) is 9.59 Å². The summed E-state index contributed by atoms with van der Waals surface area (Å²) < 4.78 is 0. The average molecular weight is 270 g/mol. The third kappa shape index (κ3) is 3.16. The molecule has 1 radical (unpaired) electrons. The number of carbonyl (C=O) groups is 2. The van der Waals surface area contributed by atoms with Gasteiger partial charge in [-0.15, -0.1) is 0 Å². The van der Waals surface area contributed by atoms with Crippen molar-refractivity contribution in [3.05, 3.63) is 48.0 Å². The monoisotopic (exact) mass is 270 g/mol. The largest absolute Gasteiger partial charge is 0.358 e. The number of benzene rings is 1. The van der Waals surface area contributed by atoms with Crippen LogP contribution in [0.4, 0.5) is 5.69 Å². The zero-order valence-corrected chi connectivity index (χ0v) is 12.2. The van der Waals surface area contributed by atoms with Gasteiger partial charge in [-0.25, -0.2) is 0 Å². The molecule has 1 fully saturated rings. The topological polar surface area (TPSA) is 46.2 Å². The van der Waals surface area contributed by atoms with Gasteiger partial charge in [0.2, 0.25) is 0 Å².